The van der Waals surface area contributed by atoms with Crippen molar-refractivity contribution in [2.75, 3.05) is 12.3 Å². The molecule has 9 N–H and O–H groups in total. The number of aromatic amines is 1. The predicted octanol–water partition coefficient (Wildman–Crippen LogP) is -1.46. The molecule has 30 heavy (non-hydrogen) atoms. The summed E-state index contributed by atoms with van der Waals surface area (Å²) in [5.41, 5.74) is 7.83. The van der Waals surface area contributed by atoms with Crippen molar-refractivity contribution in [3.8, 4) is 0 Å². The van der Waals surface area contributed by atoms with Crippen LogP contribution >= 0.6 is 15.6 Å². The number of ether oxygens (including phenoxy) is 1. The third-order valence-corrected chi connectivity index (χ3v) is 6.37. The molecule has 0 aliphatic carbocycles. The van der Waals surface area contributed by atoms with Gasteiger partial charge in [-0.2, -0.15) is 9.29 Å². The second-order valence-electron chi connectivity index (χ2n) is 6.38. The third-order valence-electron chi connectivity index (χ3n) is 4.10. The van der Waals surface area contributed by atoms with Gasteiger partial charge in [-0.05, 0) is 6.92 Å². The number of imidazole rings is 1. The van der Waals surface area contributed by atoms with Gasteiger partial charge in [0, 0.05) is 0 Å². The van der Waals surface area contributed by atoms with Crippen molar-refractivity contribution in [1.82, 2.24) is 19.5 Å². The predicted molar refractivity (Wildman–Crippen MR) is 101 cm³/mol. The van der Waals surface area contributed by atoms with Crippen LogP contribution in [-0.2, 0) is 22.7 Å². The molecule has 0 radical (unpaired) electrons. The summed E-state index contributed by atoms with van der Waals surface area (Å²) in [4.78, 5) is 39.3. The molecule has 170 valence electrons. The molecule has 1 saturated heterocycles. The Balaban J connectivity index is 0.00000320. The molecule has 1 fully saturated rings. The van der Waals surface area contributed by atoms with E-state index < -0.39 is 51.8 Å². The Hall–Kier alpha value is -1.71. The molecule has 0 amide bonds. The summed E-state index contributed by atoms with van der Waals surface area (Å²) < 4.78 is 37.7. The fourth-order valence-electron chi connectivity index (χ4n) is 2.84. The molecule has 0 aromatic carbocycles. The van der Waals surface area contributed by atoms with Crippen LogP contribution in [0.5, 0.6) is 0 Å². The average Bonchev–Trinajstić information content (AvgIpc) is 3.04. The lowest BCUT2D eigenvalue weighted by atomic mass is 9.96. The smallest absolute Gasteiger partial charge is 0.387 e. The molecule has 0 saturated carbocycles. The van der Waals surface area contributed by atoms with E-state index in [-0.39, 0.29) is 24.5 Å². The molecular weight excluding hydrogens is 450 g/mol. The molecule has 1 aliphatic rings. The first-order valence-corrected chi connectivity index (χ1v) is 10.9. The van der Waals surface area contributed by atoms with E-state index in [4.69, 9.17) is 25.8 Å². The van der Waals surface area contributed by atoms with Crippen molar-refractivity contribution in [2.45, 2.75) is 38.4 Å². The molecule has 5 atom stereocenters. The SMILES string of the molecule is C.C[C@@]1(O)[C@H](O)[C@@H](COP(N)(=O)OP(=O)(O)O)O[C@H]1n1cnc2c(=O)[nH]c(N)nc21. The molecule has 1 aliphatic heterocycles. The largest absolute Gasteiger partial charge is 0.477 e. The van der Waals surface area contributed by atoms with Crippen molar-refractivity contribution >= 4 is 32.7 Å². The van der Waals surface area contributed by atoms with E-state index in [2.05, 4.69) is 23.8 Å². The van der Waals surface area contributed by atoms with Gasteiger partial charge < -0.3 is 30.5 Å². The third kappa shape index (κ3) is 4.78. The molecular formula is C12H22N6O10P2. The van der Waals surface area contributed by atoms with Crippen LogP contribution in [0.3, 0.4) is 0 Å². The summed E-state index contributed by atoms with van der Waals surface area (Å²) in [6.45, 7) is 0.448. The number of nitrogens with one attached hydrogen (secondary N) is 1. The maximum Gasteiger partial charge on any atom is 0.477 e. The number of H-pyrrole nitrogens is 1. The van der Waals surface area contributed by atoms with E-state index in [9.17, 15) is 24.1 Å². The fraction of sp³-hybridized carbons (Fsp3) is 0.583. The van der Waals surface area contributed by atoms with E-state index in [1.165, 1.54) is 6.92 Å². The molecule has 18 heteroatoms. The molecule has 1 unspecified atom stereocenters. The van der Waals surface area contributed by atoms with Crippen LogP contribution in [0.25, 0.3) is 11.2 Å². The molecule has 0 bridgehead atoms. The van der Waals surface area contributed by atoms with E-state index >= 15 is 0 Å². The first kappa shape index (κ1) is 24.6. The summed E-state index contributed by atoms with van der Waals surface area (Å²) in [6.07, 6.45) is -3.21. The first-order chi connectivity index (χ1) is 13.2. The Labute approximate surface area is 168 Å². The van der Waals surface area contributed by atoms with Gasteiger partial charge in [-0.1, -0.05) is 7.43 Å². The normalized spacial score (nSPS) is 28.9. The highest BCUT2D eigenvalue weighted by atomic mass is 31.3. The number of aliphatic hydroxyl groups is 2. The second kappa shape index (κ2) is 8.09. The van der Waals surface area contributed by atoms with Gasteiger partial charge in [-0.3, -0.25) is 18.9 Å². The topological polar surface area (TPSA) is 258 Å². The molecule has 2 aromatic heterocycles. The summed E-state index contributed by atoms with van der Waals surface area (Å²) in [6, 6.07) is 0. The standard InChI is InChI=1S/C11H18N6O10P2.CH4/c1-11(20)6(18)4(2-25-28(13,21)27-29(22,23)24)26-9(11)17-3-14-5-7(17)15-10(12)16-8(5)19;/h3-4,6,9,18,20H,2H2,1H3,(H2,13,21)(H2,22,23,24)(H3,12,15,16,19);1H4/t4-,6-,9-,11-,28?;/m1./s1. The number of fused-ring (bicyclic) bond motifs is 1. The number of aromatic nitrogens is 4. The van der Waals surface area contributed by atoms with Crippen molar-refractivity contribution in [2.24, 2.45) is 5.50 Å². The quantitative estimate of drug-likeness (QED) is 0.237. The number of phosphoric acid groups is 1. The lowest BCUT2D eigenvalue weighted by molar-refractivity contribution is -0.0948. The fourth-order valence-corrected chi connectivity index (χ4v) is 4.57. The second-order valence-corrected chi connectivity index (χ2v) is 9.35. The van der Waals surface area contributed by atoms with Crippen LogP contribution in [0.4, 0.5) is 5.95 Å². The Morgan fingerprint density at radius 3 is 2.67 bits per heavy atom. The Morgan fingerprint density at radius 2 is 2.07 bits per heavy atom. The Bertz CT molecular complexity index is 1080. The zero-order valence-corrected chi connectivity index (χ0v) is 16.4. The van der Waals surface area contributed by atoms with Crippen molar-refractivity contribution < 1.29 is 42.7 Å². The number of rotatable bonds is 6. The van der Waals surface area contributed by atoms with E-state index in [1.807, 2.05) is 0 Å². The van der Waals surface area contributed by atoms with Gasteiger partial charge >= 0.3 is 15.6 Å². The van der Waals surface area contributed by atoms with Crippen LogP contribution in [0.1, 0.15) is 20.6 Å². The van der Waals surface area contributed by atoms with Gasteiger partial charge in [0.15, 0.2) is 17.4 Å². The van der Waals surface area contributed by atoms with E-state index in [1.54, 1.807) is 0 Å². The summed E-state index contributed by atoms with van der Waals surface area (Å²) in [5.74, 6) is -0.221. The van der Waals surface area contributed by atoms with Crippen molar-refractivity contribution in [1.29, 1.82) is 0 Å². The minimum Gasteiger partial charge on any atom is -0.387 e. The highest BCUT2D eigenvalue weighted by Crippen LogP contribution is 2.55. The molecule has 3 heterocycles. The lowest BCUT2D eigenvalue weighted by Crippen LogP contribution is -2.44. The number of hydrogen-bond acceptors (Lipinski definition) is 11. The summed E-state index contributed by atoms with van der Waals surface area (Å²) in [7, 11) is -9.90. The minimum atomic E-state index is -5.21. The van der Waals surface area contributed by atoms with Gasteiger partial charge in [0.05, 0.1) is 12.9 Å². The minimum absolute atomic E-state index is 0. The average molecular weight is 472 g/mol. The van der Waals surface area contributed by atoms with Crippen LogP contribution in [0.2, 0.25) is 0 Å². The number of nitrogens with zero attached hydrogens (tertiary/aromatic N) is 3. The maximum absolute atomic E-state index is 11.9. The van der Waals surface area contributed by atoms with E-state index in [0.29, 0.717) is 0 Å². The van der Waals surface area contributed by atoms with Crippen LogP contribution in [-0.4, -0.2) is 63.9 Å². The molecule has 3 rings (SSSR count). The van der Waals surface area contributed by atoms with Crippen LogP contribution < -0.4 is 16.8 Å². The molecule has 16 nitrogen and oxygen atoms in total. The number of nitrogens with two attached hydrogens (primary N) is 2. The highest BCUT2D eigenvalue weighted by Gasteiger charge is 2.54. The maximum atomic E-state index is 11.9. The van der Waals surface area contributed by atoms with Crippen molar-refractivity contribution in [3.05, 3.63) is 16.7 Å². The Morgan fingerprint density at radius 1 is 1.43 bits per heavy atom. The summed E-state index contributed by atoms with van der Waals surface area (Å²) >= 11 is 0. The Kier molecular flexibility index (Phi) is 6.62. The number of nitrogen functional groups attached to an aromatic ring is 1. The number of anilines is 1. The van der Waals surface area contributed by atoms with Gasteiger partial charge in [0.1, 0.15) is 17.8 Å². The molecule has 2 aromatic rings. The van der Waals surface area contributed by atoms with Crippen molar-refractivity contribution in [3.63, 3.8) is 0 Å². The number of aliphatic hydroxyl groups excluding tert-OH is 1. The lowest BCUT2D eigenvalue weighted by Gasteiger charge is -2.27. The highest BCUT2D eigenvalue weighted by molar-refractivity contribution is 7.62. The zero-order valence-electron chi connectivity index (χ0n) is 14.6. The summed E-state index contributed by atoms with van der Waals surface area (Å²) in [5, 5.41) is 21.1. The molecule has 0 spiro atoms. The van der Waals surface area contributed by atoms with Gasteiger partial charge in [-0.25, -0.2) is 19.6 Å². The van der Waals surface area contributed by atoms with Gasteiger partial charge in [0.25, 0.3) is 5.56 Å². The zero-order chi connectivity index (χ0) is 21.8. The van der Waals surface area contributed by atoms with Crippen LogP contribution in [0, 0.1) is 0 Å². The first-order valence-electron chi connectivity index (χ1n) is 7.79. The van der Waals surface area contributed by atoms with Gasteiger partial charge in [0.2, 0.25) is 5.95 Å². The monoisotopic (exact) mass is 472 g/mol. The van der Waals surface area contributed by atoms with E-state index in [0.717, 1.165) is 10.9 Å². The number of hydrogen-bond donors (Lipinski definition) is 7. The van der Waals surface area contributed by atoms with Crippen LogP contribution in [0.15, 0.2) is 11.1 Å². The van der Waals surface area contributed by atoms with Gasteiger partial charge in [-0.15, -0.1) is 0 Å².